The first-order valence-electron chi connectivity index (χ1n) is 6.64. The quantitative estimate of drug-likeness (QED) is 0.736. The maximum Gasteiger partial charge on any atom is 0.140 e. The van der Waals surface area contributed by atoms with E-state index in [4.69, 9.17) is 0 Å². The lowest BCUT2D eigenvalue weighted by Crippen LogP contribution is -2.04. The van der Waals surface area contributed by atoms with E-state index >= 15 is 0 Å². The fourth-order valence-corrected chi connectivity index (χ4v) is 2.35. The van der Waals surface area contributed by atoms with Crippen LogP contribution in [0, 0.1) is 0 Å². The van der Waals surface area contributed by atoms with Gasteiger partial charge in [0.1, 0.15) is 11.6 Å². The van der Waals surface area contributed by atoms with Gasteiger partial charge in [0.15, 0.2) is 0 Å². The van der Waals surface area contributed by atoms with Gasteiger partial charge in [-0.2, -0.15) is 0 Å². The SMILES string of the molecule is CC(=O)CC(=O)CCCc1cccc2ccccc12. The summed E-state index contributed by atoms with van der Waals surface area (Å²) in [4.78, 5) is 22.3. The molecule has 19 heavy (non-hydrogen) atoms. The maximum atomic E-state index is 11.5. The van der Waals surface area contributed by atoms with Crippen molar-refractivity contribution in [2.75, 3.05) is 0 Å². The van der Waals surface area contributed by atoms with E-state index in [-0.39, 0.29) is 18.0 Å². The highest BCUT2D eigenvalue weighted by atomic mass is 16.1. The lowest BCUT2D eigenvalue weighted by molar-refractivity contribution is -0.125. The molecule has 0 unspecified atom stereocenters. The summed E-state index contributed by atoms with van der Waals surface area (Å²) in [6, 6.07) is 14.5. The zero-order valence-corrected chi connectivity index (χ0v) is 11.2. The topological polar surface area (TPSA) is 34.1 Å². The van der Waals surface area contributed by atoms with Gasteiger partial charge in [-0.15, -0.1) is 0 Å². The number of Topliss-reactive ketones (excluding diaryl/α,β-unsaturated/α-hetero) is 2. The average molecular weight is 254 g/mol. The molecule has 0 saturated carbocycles. The van der Waals surface area contributed by atoms with E-state index in [1.165, 1.54) is 23.3 Å². The molecule has 2 rings (SSSR count). The number of ketones is 2. The van der Waals surface area contributed by atoms with E-state index in [1.807, 2.05) is 12.1 Å². The number of carbonyl (C=O) groups is 2. The fraction of sp³-hybridized carbons (Fsp3) is 0.294. The Hall–Kier alpha value is -1.96. The normalized spacial score (nSPS) is 10.6. The molecule has 0 aliphatic rings. The number of hydrogen-bond donors (Lipinski definition) is 0. The van der Waals surface area contributed by atoms with Gasteiger partial charge in [0, 0.05) is 6.42 Å². The van der Waals surface area contributed by atoms with Gasteiger partial charge in [-0.05, 0) is 36.1 Å². The van der Waals surface area contributed by atoms with Gasteiger partial charge in [-0.3, -0.25) is 9.59 Å². The summed E-state index contributed by atoms with van der Waals surface area (Å²) in [7, 11) is 0. The zero-order chi connectivity index (χ0) is 13.7. The number of fused-ring (bicyclic) bond motifs is 1. The summed E-state index contributed by atoms with van der Waals surface area (Å²) in [6.45, 7) is 1.46. The molecule has 0 amide bonds. The van der Waals surface area contributed by atoms with Crippen LogP contribution < -0.4 is 0 Å². The van der Waals surface area contributed by atoms with Gasteiger partial charge in [0.05, 0.1) is 6.42 Å². The Balaban J connectivity index is 1.98. The third-order valence-electron chi connectivity index (χ3n) is 3.23. The molecule has 0 N–H and O–H groups in total. The van der Waals surface area contributed by atoms with Crippen molar-refractivity contribution in [3.63, 3.8) is 0 Å². The van der Waals surface area contributed by atoms with Crippen LogP contribution in [0.15, 0.2) is 42.5 Å². The van der Waals surface area contributed by atoms with Crippen molar-refractivity contribution >= 4 is 22.3 Å². The van der Waals surface area contributed by atoms with Crippen LogP contribution in [0.25, 0.3) is 10.8 Å². The van der Waals surface area contributed by atoms with Crippen molar-refractivity contribution in [2.45, 2.75) is 32.6 Å². The molecule has 0 aliphatic heterocycles. The summed E-state index contributed by atoms with van der Waals surface area (Å²) in [6.07, 6.45) is 2.25. The Bertz CT molecular complexity index is 594. The molecule has 0 aromatic heterocycles. The minimum atomic E-state index is -0.0461. The smallest absolute Gasteiger partial charge is 0.140 e. The summed E-state index contributed by atoms with van der Waals surface area (Å²) in [5.74, 6) is 0.00268. The molecule has 0 saturated heterocycles. The Labute approximate surface area is 113 Å². The summed E-state index contributed by atoms with van der Waals surface area (Å²) in [5.41, 5.74) is 1.27. The fourth-order valence-electron chi connectivity index (χ4n) is 2.35. The van der Waals surface area contributed by atoms with Gasteiger partial charge in [0.25, 0.3) is 0 Å². The molecule has 2 aromatic carbocycles. The van der Waals surface area contributed by atoms with Crippen molar-refractivity contribution in [1.29, 1.82) is 0 Å². The highest BCUT2D eigenvalue weighted by molar-refractivity contribution is 5.97. The predicted octanol–water partition coefficient (Wildman–Crippen LogP) is 3.71. The first-order chi connectivity index (χ1) is 9.16. The van der Waals surface area contributed by atoms with Gasteiger partial charge in [-0.25, -0.2) is 0 Å². The monoisotopic (exact) mass is 254 g/mol. The first kappa shape index (κ1) is 13.5. The van der Waals surface area contributed by atoms with Crippen LogP contribution in [-0.4, -0.2) is 11.6 Å². The lowest BCUT2D eigenvalue weighted by atomic mass is 9.99. The Morgan fingerprint density at radius 2 is 1.74 bits per heavy atom. The molecule has 0 spiro atoms. The van der Waals surface area contributed by atoms with Crippen molar-refractivity contribution in [2.24, 2.45) is 0 Å². The van der Waals surface area contributed by atoms with Crippen molar-refractivity contribution in [1.82, 2.24) is 0 Å². The number of benzene rings is 2. The molecule has 2 heteroatoms. The first-order valence-corrected chi connectivity index (χ1v) is 6.64. The maximum absolute atomic E-state index is 11.5. The molecule has 0 aliphatic carbocycles. The van der Waals surface area contributed by atoms with E-state index < -0.39 is 0 Å². The van der Waals surface area contributed by atoms with Crippen molar-refractivity contribution < 1.29 is 9.59 Å². The van der Waals surface area contributed by atoms with Crippen molar-refractivity contribution in [3.05, 3.63) is 48.0 Å². The third kappa shape index (κ3) is 3.75. The number of carbonyl (C=O) groups excluding carboxylic acids is 2. The summed E-state index contributed by atoms with van der Waals surface area (Å²) >= 11 is 0. The molecule has 0 heterocycles. The van der Waals surface area contributed by atoms with Crippen LogP contribution in [0.2, 0.25) is 0 Å². The second-order valence-corrected chi connectivity index (χ2v) is 4.91. The molecular weight excluding hydrogens is 236 g/mol. The minimum Gasteiger partial charge on any atom is -0.300 e. The molecule has 0 radical (unpaired) electrons. The van der Waals surface area contributed by atoms with Crippen LogP contribution >= 0.6 is 0 Å². The molecule has 0 bridgehead atoms. The highest BCUT2D eigenvalue weighted by Crippen LogP contribution is 2.20. The van der Waals surface area contributed by atoms with Crippen LogP contribution in [0.1, 0.15) is 31.7 Å². The molecular formula is C17H18O2. The van der Waals surface area contributed by atoms with Gasteiger partial charge < -0.3 is 0 Å². The third-order valence-corrected chi connectivity index (χ3v) is 3.23. The molecule has 2 aromatic rings. The second-order valence-electron chi connectivity index (χ2n) is 4.91. The molecule has 2 nitrogen and oxygen atoms in total. The van der Waals surface area contributed by atoms with E-state index in [0.717, 1.165) is 12.8 Å². The lowest BCUT2D eigenvalue weighted by Gasteiger charge is -2.06. The van der Waals surface area contributed by atoms with Crippen LogP contribution in [0.3, 0.4) is 0 Å². The summed E-state index contributed by atoms with van der Waals surface area (Å²) < 4.78 is 0. The molecule has 0 atom stereocenters. The molecule has 0 fully saturated rings. The Morgan fingerprint density at radius 3 is 2.53 bits per heavy atom. The number of hydrogen-bond acceptors (Lipinski definition) is 2. The highest BCUT2D eigenvalue weighted by Gasteiger charge is 2.06. The number of rotatable bonds is 6. The van der Waals surface area contributed by atoms with Crippen molar-refractivity contribution in [3.8, 4) is 0 Å². The van der Waals surface area contributed by atoms with E-state index in [1.54, 1.807) is 0 Å². The largest absolute Gasteiger partial charge is 0.300 e. The molecule has 98 valence electrons. The van der Waals surface area contributed by atoms with Gasteiger partial charge in [-0.1, -0.05) is 42.5 Å². The standard InChI is InChI=1S/C17H18O2/c1-13(18)12-16(19)10-5-9-15-8-4-7-14-6-2-3-11-17(14)15/h2-4,6-8,11H,5,9-10,12H2,1H3. The van der Waals surface area contributed by atoms with Gasteiger partial charge >= 0.3 is 0 Å². The van der Waals surface area contributed by atoms with Crippen LogP contribution in [0.4, 0.5) is 0 Å². The number of aryl methyl sites for hydroxylation is 1. The van der Waals surface area contributed by atoms with E-state index in [0.29, 0.717) is 6.42 Å². The Kier molecular flexibility index (Phi) is 4.45. The minimum absolute atomic E-state index is 0.0461. The average Bonchev–Trinajstić information content (AvgIpc) is 2.38. The van der Waals surface area contributed by atoms with Crippen LogP contribution in [0.5, 0.6) is 0 Å². The van der Waals surface area contributed by atoms with E-state index in [2.05, 4.69) is 30.3 Å². The zero-order valence-electron chi connectivity index (χ0n) is 11.2. The van der Waals surface area contributed by atoms with Crippen LogP contribution in [-0.2, 0) is 16.0 Å². The Morgan fingerprint density at radius 1 is 1.00 bits per heavy atom. The second kappa shape index (κ2) is 6.28. The van der Waals surface area contributed by atoms with E-state index in [9.17, 15) is 9.59 Å². The predicted molar refractivity (Wildman–Crippen MR) is 77.2 cm³/mol. The summed E-state index contributed by atoms with van der Waals surface area (Å²) in [5, 5.41) is 2.49. The van der Waals surface area contributed by atoms with Gasteiger partial charge in [0.2, 0.25) is 0 Å².